The van der Waals surface area contributed by atoms with Gasteiger partial charge in [-0.25, -0.2) is 4.98 Å². The number of hydrogen-bond donors (Lipinski definition) is 4. The molecule has 2 rings (SSSR count). The van der Waals surface area contributed by atoms with Gasteiger partial charge in [0, 0.05) is 13.1 Å². The number of rotatable bonds is 12. The first-order chi connectivity index (χ1) is 12.8. The Morgan fingerprint density at radius 1 is 0.926 bits per heavy atom. The Hall–Kier alpha value is -0.730. The first-order valence-corrected chi connectivity index (χ1v) is 10.8. The summed E-state index contributed by atoms with van der Waals surface area (Å²) >= 11 is 3.41. The number of anilines is 1. The summed E-state index contributed by atoms with van der Waals surface area (Å²) in [6, 6.07) is 4.05. The molecule has 0 bridgehead atoms. The number of hydrogen-bond acceptors (Lipinski definition) is 6. The van der Waals surface area contributed by atoms with Crippen LogP contribution < -0.4 is 4.90 Å². The molecule has 2 heterocycles. The van der Waals surface area contributed by atoms with Crippen LogP contribution in [0.15, 0.2) is 16.7 Å². The summed E-state index contributed by atoms with van der Waals surface area (Å²) in [6.07, 6.45) is 3.04. The molecule has 154 valence electrons. The highest BCUT2D eigenvalue weighted by atomic mass is 79.9. The maximum atomic E-state index is 10.2. The lowest BCUT2D eigenvalue weighted by atomic mass is 10.0. The molecule has 0 saturated heterocycles. The molecule has 0 radical (unpaired) electrons. The molecule has 1 aromatic rings. The average Bonchev–Trinajstić information content (AvgIpc) is 3.03. The van der Waals surface area contributed by atoms with Gasteiger partial charge in [-0.2, -0.15) is 0 Å². The Labute approximate surface area is 170 Å². The molecular formula is C20H33BrN2O4. The third-order valence-corrected chi connectivity index (χ3v) is 5.63. The molecule has 0 saturated carbocycles. The van der Waals surface area contributed by atoms with Crippen LogP contribution in [0.2, 0.25) is 0 Å². The van der Waals surface area contributed by atoms with Crippen molar-refractivity contribution in [2.45, 2.75) is 82.7 Å². The highest BCUT2D eigenvalue weighted by Crippen LogP contribution is 2.27. The molecule has 6 nitrogen and oxygen atoms in total. The number of halogens is 1. The third-order valence-electron chi connectivity index (χ3n) is 5.19. The molecule has 7 heteroatoms. The summed E-state index contributed by atoms with van der Waals surface area (Å²) in [6.45, 7) is 3.39. The summed E-state index contributed by atoms with van der Waals surface area (Å²) in [5.74, 6) is 1.00. The average molecular weight is 445 g/mol. The van der Waals surface area contributed by atoms with E-state index in [2.05, 4.69) is 31.9 Å². The molecule has 27 heavy (non-hydrogen) atoms. The fourth-order valence-electron chi connectivity index (χ4n) is 3.44. The van der Waals surface area contributed by atoms with Crippen LogP contribution in [0.25, 0.3) is 0 Å². The van der Waals surface area contributed by atoms with Crippen molar-refractivity contribution in [3.8, 4) is 0 Å². The topological polar surface area (TPSA) is 97.0 Å². The van der Waals surface area contributed by atoms with Crippen molar-refractivity contribution in [1.82, 2.24) is 4.98 Å². The number of aliphatic hydroxyl groups is 4. The first kappa shape index (κ1) is 22.6. The molecule has 0 aromatic carbocycles. The Bertz CT molecular complexity index is 573. The van der Waals surface area contributed by atoms with Crippen LogP contribution >= 0.6 is 15.9 Å². The summed E-state index contributed by atoms with van der Waals surface area (Å²) in [4.78, 5) is 6.74. The van der Waals surface area contributed by atoms with E-state index in [1.54, 1.807) is 6.92 Å². The molecule has 4 N–H and O–H groups in total. The standard InChI is InChI=1S/C20H33BrN2O4/c1-14(24)2-4-16(25)5-6-17(26)7-8-18(27)11-13-23-12-10-15-3-9-19(21)22-20(15)23/h3,9,14,16-18,24-27H,2,4-8,10-13H2,1H3. The second-order valence-electron chi connectivity index (χ2n) is 7.68. The summed E-state index contributed by atoms with van der Waals surface area (Å²) < 4.78 is 0.826. The minimum absolute atomic E-state index is 0.404. The van der Waals surface area contributed by atoms with Crippen molar-refractivity contribution in [2.75, 3.05) is 18.0 Å². The fraction of sp³-hybridized carbons (Fsp3) is 0.750. The Morgan fingerprint density at radius 3 is 2.07 bits per heavy atom. The second kappa shape index (κ2) is 11.3. The van der Waals surface area contributed by atoms with Gasteiger partial charge in [0.2, 0.25) is 0 Å². The molecular weight excluding hydrogens is 412 g/mol. The maximum absolute atomic E-state index is 10.2. The van der Waals surface area contributed by atoms with E-state index in [0.29, 0.717) is 44.9 Å². The van der Waals surface area contributed by atoms with Gasteiger partial charge in [-0.15, -0.1) is 0 Å². The third kappa shape index (κ3) is 8.03. The smallest absolute Gasteiger partial charge is 0.133 e. The molecule has 0 amide bonds. The second-order valence-corrected chi connectivity index (χ2v) is 8.50. The number of aromatic nitrogens is 1. The number of fused-ring (bicyclic) bond motifs is 1. The maximum Gasteiger partial charge on any atom is 0.133 e. The van der Waals surface area contributed by atoms with Gasteiger partial charge in [-0.05, 0) is 85.9 Å². The van der Waals surface area contributed by atoms with Crippen molar-refractivity contribution in [3.05, 3.63) is 22.3 Å². The van der Waals surface area contributed by atoms with E-state index in [-0.39, 0.29) is 0 Å². The highest BCUT2D eigenvalue weighted by molar-refractivity contribution is 9.10. The molecule has 0 spiro atoms. The molecule has 4 atom stereocenters. The Morgan fingerprint density at radius 2 is 1.48 bits per heavy atom. The van der Waals surface area contributed by atoms with Crippen molar-refractivity contribution in [2.24, 2.45) is 0 Å². The number of nitrogens with zero attached hydrogens (tertiary/aromatic N) is 2. The Kier molecular flexibility index (Phi) is 9.45. The summed E-state index contributed by atoms with van der Waals surface area (Å²) in [7, 11) is 0. The van der Waals surface area contributed by atoms with Crippen LogP contribution in [0.5, 0.6) is 0 Å². The van der Waals surface area contributed by atoms with Crippen LogP contribution in [-0.4, -0.2) is 62.9 Å². The lowest BCUT2D eigenvalue weighted by molar-refractivity contribution is 0.0771. The molecule has 4 unspecified atom stereocenters. The van der Waals surface area contributed by atoms with E-state index in [1.807, 2.05) is 6.07 Å². The Balaban J connectivity index is 1.61. The fourth-order valence-corrected chi connectivity index (χ4v) is 3.74. The predicted molar refractivity (Wildman–Crippen MR) is 110 cm³/mol. The zero-order valence-corrected chi connectivity index (χ0v) is 17.7. The molecule has 0 fully saturated rings. The quantitative estimate of drug-likeness (QED) is 0.369. The zero-order valence-electron chi connectivity index (χ0n) is 16.1. The molecule has 1 aliphatic rings. The van der Waals surface area contributed by atoms with Crippen molar-refractivity contribution in [3.63, 3.8) is 0 Å². The summed E-state index contributed by atoms with van der Waals surface area (Å²) in [5, 5.41) is 39.4. The van der Waals surface area contributed by atoms with Gasteiger partial charge < -0.3 is 25.3 Å². The van der Waals surface area contributed by atoms with Crippen molar-refractivity contribution in [1.29, 1.82) is 0 Å². The van der Waals surface area contributed by atoms with E-state index in [1.165, 1.54) is 5.56 Å². The normalized spacial score (nSPS) is 18.2. The lowest BCUT2D eigenvalue weighted by Crippen LogP contribution is -2.26. The highest BCUT2D eigenvalue weighted by Gasteiger charge is 2.21. The first-order valence-electron chi connectivity index (χ1n) is 9.97. The zero-order chi connectivity index (χ0) is 19.8. The van der Waals surface area contributed by atoms with Gasteiger partial charge in [-0.3, -0.25) is 0 Å². The van der Waals surface area contributed by atoms with Gasteiger partial charge >= 0.3 is 0 Å². The molecule has 1 aliphatic heterocycles. The van der Waals surface area contributed by atoms with Crippen LogP contribution in [0, 0.1) is 0 Å². The minimum Gasteiger partial charge on any atom is -0.393 e. The van der Waals surface area contributed by atoms with E-state index in [0.717, 1.165) is 29.9 Å². The monoisotopic (exact) mass is 444 g/mol. The number of aliphatic hydroxyl groups excluding tert-OH is 4. The van der Waals surface area contributed by atoms with Crippen LogP contribution in [-0.2, 0) is 6.42 Å². The van der Waals surface area contributed by atoms with E-state index in [9.17, 15) is 20.4 Å². The van der Waals surface area contributed by atoms with Crippen molar-refractivity contribution < 1.29 is 20.4 Å². The number of pyridine rings is 1. The van der Waals surface area contributed by atoms with Gasteiger partial charge in [0.15, 0.2) is 0 Å². The van der Waals surface area contributed by atoms with E-state index < -0.39 is 24.4 Å². The predicted octanol–water partition coefficient (Wildman–Crippen LogP) is 2.40. The molecule has 1 aromatic heterocycles. The largest absolute Gasteiger partial charge is 0.393 e. The van der Waals surface area contributed by atoms with E-state index >= 15 is 0 Å². The van der Waals surface area contributed by atoms with Gasteiger partial charge in [-0.1, -0.05) is 6.07 Å². The van der Waals surface area contributed by atoms with E-state index in [4.69, 9.17) is 0 Å². The molecule has 0 aliphatic carbocycles. The lowest BCUT2D eigenvalue weighted by Gasteiger charge is -2.21. The SMILES string of the molecule is CC(O)CCC(O)CCC(O)CCC(O)CCN1CCc2ccc(Br)nc21. The minimum atomic E-state index is -0.508. The summed E-state index contributed by atoms with van der Waals surface area (Å²) in [5.41, 5.74) is 1.25. The van der Waals surface area contributed by atoms with Gasteiger partial charge in [0.1, 0.15) is 10.4 Å². The van der Waals surface area contributed by atoms with Crippen LogP contribution in [0.3, 0.4) is 0 Å². The van der Waals surface area contributed by atoms with Gasteiger partial charge in [0.05, 0.1) is 24.4 Å². The van der Waals surface area contributed by atoms with Gasteiger partial charge in [0.25, 0.3) is 0 Å². The van der Waals surface area contributed by atoms with Crippen molar-refractivity contribution >= 4 is 21.7 Å². The van der Waals surface area contributed by atoms with Crippen LogP contribution in [0.4, 0.5) is 5.82 Å². The van der Waals surface area contributed by atoms with Crippen LogP contribution in [0.1, 0.15) is 57.4 Å².